The Labute approximate surface area is 165 Å². The molecular weight excluding hydrogens is 352 g/mol. The van der Waals surface area contributed by atoms with Crippen molar-refractivity contribution in [2.45, 2.75) is 44.4 Å². The maximum Gasteiger partial charge on any atom is 0.254 e. The van der Waals surface area contributed by atoms with Crippen molar-refractivity contribution in [1.29, 1.82) is 0 Å². The smallest absolute Gasteiger partial charge is 0.254 e. The Hall–Kier alpha value is -2.66. The number of amides is 2. The normalized spacial score (nSPS) is 21.8. The van der Waals surface area contributed by atoms with Gasteiger partial charge in [-0.15, -0.1) is 0 Å². The molecule has 0 unspecified atom stereocenters. The summed E-state index contributed by atoms with van der Waals surface area (Å²) in [6.45, 7) is 2.69. The molecule has 2 aromatic rings. The second-order valence-electron chi connectivity index (χ2n) is 7.55. The molecule has 2 aliphatic rings. The molecule has 5 nitrogen and oxygen atoms in total. The Morgan fingerprint density at radius 2 is 1.71 bits per heavy atom. The van der Waals surface area contributed by atoms with Gasteiger partial charge in [0.15, 0.2) is 6.10 Å². The lowest BCUT2D eigenvalue weighted by Gasteiger charge is -2.37. The van der Waals surface area contributed by atoms with E-state index in [9.17, 15) is 9.59 Å². The number of hydrogen-bond acceptors (Lipinski definition) is 3. The molecule has 146 valence electrons. The second kappa shape index (κ2) is 8.15. The second-order valence-corrected chi connectivity index (χ2v) is 7.55. The molecule has 28 heavy (non-hydrogen) atoms. The molecule has 0 spiro atoms. The summed E-state index contributed by atoms with van der Waals surface area (Å²) in [5, 5.41) is 2.96. The SMILES string of the molecule is CCCN(C(=O)[C@H]1OCC(=O)N[C@@H]1c1ccccc1)C1Cc2ccccc2C1. The first-order valence-corrected chi connectivity index (χ1v) is 10.0. The molecule has 1 heterocycles. The van der Waals surface area contributed by atoms with Gasteiger partial charge in [0.05, 0.1) is 6.04 Å². The van der Waals surface area contributed by atoms with E-state index in [4.69, 9.17) is 4.74 Å². The number of carbonyl (C=O) groups is 2. The van der Waals surface area contributed by atoms with Crippen molar-refractivity contribution < 1.29 is 14.3 Å². The van der Waals surface area contributed by atoms with Crippen LogP contribution in [0.3, 0.4) is 0 Å². The van der Waals surface area contributed by atoms with E-state index < -0.39 is 12.1 Å². The van der Waals surface area contributed by atoms with Gasteiger partial charge in [-0.2, -0.15) is 0 Å². The number of rotatable bonds is 5. The third-order valence-electron chi connectivity index (χ3n) is 5.63. The third kappa shape index (κ3) is 3.67. The van der Waals surface area contributed by atoms with E-state index in [2.05, 4.69) is 36.5 Å². The number of nitrogens with one attached hydrogen (secondary N) is 1. The molecule has 5 heteroatoms. The van der Waals surface area contributed by atoms with Crippen molar-refractivity contribution in [2.24, 2.45) is 0 Å². The topological polar surface area (TPSA) is 58.6 Å². The van der Waals surface area contributed by atoms with Crippen LogP contribution in [-0.4, -0.2) is 42.0 Å². The lowest BCUT2D eigenvalue weighted by Crippen LogP contribution is -2.55. The van der Waals surface area contributed by atoms with Crippen LogP contribution in [0, 0.1) is 0 Å². The minimum Gasteiger partial charge on any atom is -0.356 e. The first kappa shape index (κ1) is 18.7. The number of benzene rings is 2. The molecule has 2 aromatic carbocycles. The Balaban J connectivity index is 1.58. The van der Waals surface area contributed by atoms with E-state index in [-0.39, 0.29) is 24.5 Å². The predicted octanol–water partition coefficient (Wildman–Crippen LogP) is 2.65. The van der Waals surface area contributed by atoms with Crippen molar-refractivity contribution in [3.8, 4) is 0 Å². The molecular formula is C23H26N2O3. The zero-order valence-corrected chi connectivity index (χ0v) is 16.1. The highest BCUT2D eigenvalue weighted by Crippen LogP contribution is 2.29. The van der Waals surface area contributed by atoms with Gasteiger partial charge in [0.1, 0.15) is 6.61 Å². The molecule has 0 saturated carbocycles. The fourth-order valence-corrected chi connectivity index (χ4v) is 4.32. The van der Waals surface area contributed by atoms with Crippen LogP contribution in [-0.2, 0) is 27.2 Å². The summed E-state index contributed by atoms with van der Waals surface area (Å²) in [5.74, 6) is -0.221. The average molecular weight is 378 g/mol. The van der Waals surface area contributed by atoms with Crippen LogP contribution in [0.2, 0.25) is 0 Å². The summed E-state index contributed by atoms with van der Waals surface area (Å²) in [6, 6.07) is 17.7. The first-order chi connectivity index (χ1) is 13.7. The molecule has 0 aromatic heterocycles. The summed E-state index contributed by atoms with van der Waals surface area (Å²) in [5.41, 5.74) is 3.53. The number of nitrogens with zero attached hydrogens (tertiary/aromatic N) is 1. The van der Waals surface area contributed by atoms with Crippen LogP contribution in [0.15, 0.2) is 54.6 Å². The van der Waals surface area contributed by atoms with Gasteiger partial charge in [-0.1, -0.05) is 61.5 Å². The van der Waals surface area contributed by atoms with Crippen LogP contribution in [0.1, 0.15) is 36.1 Å². The van der Waals surface area contributed by atoms with Crippen molar-refractivity contribution in [1.82, 2.24) is 10.2 Å². The van der Waals surface area contributed by atoms with Gasteiger partial charge in [-0.3, -0.25) is 9.59 Å². The van der Waals surface area contributed by atoms with Crippen LogP contribution in [0.5, 0.6) is 0 Å². The van der Waals surface area contributed by atoms with Crippen molar-refractivity contribution >= 4 is 11.8 Å². The number of hydrogen-bond donors (Lipinski definition) is 1. The highest BCUT2D eigenvalue weighted by atomic mass is 16.5. The zero-order valence-electron chi connectivity index (χ0n) is 16.1. The summed E-state index contributed by atoms with van der Waals surface area (Å²) >= 11 is 0. The van der Waals surface area contributed by atoms with Gasteiger partial charge in [-0.25, -0.2) is 0 Å². The molecule has 1 fully saturated rings. The van der Waals surface area contributed by atoms with Gasteiger partial charge in [0, 0.05) is 12.6 Å². The highest BCUT2D eigenvalue weighted by molar-refractivity contribution is 5.86. The lowest BCUT2D eigenvalue weighted by molar-refractivity contribution is -0.157. The van der Waals surface area contributed by atoms with Gasteiger partial charge in [0.25, 0.3) is 5.91 Å². The van der Waals surface area contributed by atoms with Gasteiger partial charge in [0.2, 0.25) is 5.91 Å². The Bertz CT molecular complexity index is 827. The van der Waals surface area contributed by atoms with E-state index >= 15 is 0 Å². The van der Waals surface area contributed by atoms with Gasteiger partial charge >= 0.3 is 0 Å². The van der Waals surface area contributed by atoms with Gasteiger partial charge < -0.3 is 15.0 Å². The third-order valence-corrected chi connectivity index (χ3v) is 5.63. The number of ether oxygens (including phenoxy) is 1. The fourth-order valence-electron chi connectivity index (χ4n) is 4.32. The molecule has 0 bridgehead atoms. The molecule has 2 atom stereocenters. The number of morpholine rings is 1. The number of carbonyl (C=O) groups excluding carboxylic acids is 2. The molecule has 1 aliphatic carbocycles. The molecule has 1 aliphatic heterocycles. The van der Waals surface area contributed by atoms with Crippen molar-refractivity contribution in [2.75, 3.05) is 13.2 Å². The fraction of sp³-hybridized carbons (Fsp3) is 0.391. The van der Waals surface area contributed by atoms with Crippen LogP contribution in [0.4, 0.5) is 0 Å². The Morgan fingerprint density at radius 1 is 1.07 bits per heavy atom. The van der Waals surface area contributed by atoms with E-state index in [0.29, 0.717) is 6.54 Å². The highest BCUT2D eigenvalue weighted by Gasteiger charge is 2.40. The van der Waals surface area contributed by atoms with E-state index in [1.54, 1.807) is 0 Å². The van der Waals surface area contributed by atoms with Crippen molar-refractivity contribution in [3.05, 3.63) is 71.3 Å². The minimum absolute atomic E-state index is 0.0338. The average Bonchev–Trinajstić information content (AvgIpc) is 3.16. The monoisotopic (exact) mass is 378 g/mol. The van der Waals surface area contributed by atoms with Crippen LogP contribution in [0.25, 0.3) is 0 Å². The summed E-state index contributed by atoms with van der Waals surface area (Å²) in [6.07, 6.45) is 1.93. The van der Waals surface area contributed by atoms with E-state index in [1.165, 1.54) is 11.1 Å². The molecule has 0 radical (unpaired) electrons. The Kier molecular flexibility index (Phi) is 5.44. The number of fused-ring (bicyclic) bond motifs is 1. The van der Waals surface area contributed by atoms with Gasteiger partial charge in [-0.05, 0) is 36.0 Å². The molecule has 4 rings (SSSR count). The van der Waals surface area contributed by atoms with Crippen LogP contribution < -0.4 is 5.32 Å². The predicted molar refractivity (Wildman–Crippen MR) is 107 cm³/mol. The summed E-state index contributed by atoms with van der Waals surface area (Å²) in [4.78, 5) is 27.5. The Morgan fingerprint density at radius 3 is 2.36 bits per heavy atom. The van der Waals surface area contributed by atoms with E-state index in [0.717, 1.165) is 24.8 Å². The van der Waals surface area contributed by atoms with Crippen LogP contribution >= 0.6 is 0 Å². The summed E-state index contributed by atoms with van der Waals surface area (Å²) in [7, 11) is 0. The quantitative estimate of drug-likeness (QED) is 0.870. The maximum absolute atomic E-state index is 13.6. The molecule has 2 amide bonds. The first-order valence-electron chi connectivity index (χ1n) is 10.0. The molecule has 1 N–H and O–H groups in total. The largest absolute Gasteiger partial charge is 0.356 e. The maximum atomic E-state index is 13.6. The summed E-state index contributed by atoms with van der Waals surface area (Å²) < 4.78 is 5.78. The minimum atomic E-state index is -0.699. The molecule has 1 saturated heterocycles. The standard InChI is InChI=1S/C23H26N2O3/c1-2-12-25(19-13-17-10-6-7-11-18(17)14-19)23(27)22-21(24-20(26)15-28-22)16-8-4-3-5-9-16/h3-11,19,21-22H,2,12-15H2,1H3,(H,24,26)/t21-,22+/m1/s1. The van der Waals surface area contributed by atoms with E-state index in [1.807, 2.05) is 35.2 Å². The van der Waals surface area contributed by atoms with Crippen molar-refractivity contribution in [3.63, 3.8) is 0 Å². The lowest BCUT2D eigenvalue weighted by atomic mass is 9.98. The zero-order chi connectivity index (χ0) is 19.5.